The summed E-state index contributed by atoms with van der Waals surface area (Å²) in [7, 11) is 0. The predicted molar refractivity (Wildman–Crippen MR) is 81.7 cm³/mol. The number of benzene rings is 1. The van der Waals surface area contributed by atoms with E-state index in [2.05, 4.69) is 15.5 Å². The normalized spacial score (nSPS) is 11.4. The minimum absolute atomic E-state index is 0.0283. The molecule has 3 rings (SSSR count). The molecule has 0 saturated carbocycles. The summed E-state index contributed by atoms with van der Waals surface area (Å²) in [6.07, 6.45) is 3.05. The molecule has 0 unspecified atom stereocenters. The summed E-state index contributed by atoms with van der Waals surface area (Å²) in [5, 5.41) is 40.0. The van der Waals surface area contributed by atoms with Gasteiger partial charge in [0, 0.05) is 24.4 Å². The summed E-state index contributed by atoms with van der Waals surface area (Å²) in [6, 6.07) is 8.84. The standard InChI is InChI=1S/C15H11N5O4/c21-9-13-14(17-18-15(22)10-5-7-16-8-6-10)20(24)12-4-2-1-3-11(12)19(13)23/h1-9,17H,(H,18,22)/p-1. The number of anilines is 1. The highest BCUT2D eigenvalue weighted by atomic mass is 16.5. The topological polar surface area (TPSA) is 131 Å². The van der Waals surface area contributed by atoms with Gasteiger partial charge in [-0.25, -0.2) is 4.73 Å². The van der Waals surface area contributed by atoms with Crippen LogP contribution in [0, 0.1) is 10.4 Å². The van der Waals surface area contributed by atoms with Crippen molar-refractivity contribution in [1.29, 1.82) is 0 Å². The third-order valence-electron chi connectivity index (χ3n) is 3.29. The summed E-state index contributed by atoms with van der Waals surface area (Å²) < 4.78 is 0.655. The van der Waals surface area contributed by atoms with Crippen LogP contribution in [0.25, 0.3) is 11.0 Å². The lowest BCUT2D eigenvalue weighted by atomic mass is 10.3. The number of rotatable bonds is 4. The highest BCUT2D eigenvalue weighted by Crippen LogP contribution is 2.12. The van der Waals surface area contributed by atoms with Gasteiger partial charge in [0.2, 0.25) is 11.8 Å². The van der Waals surface area contributed by atoms with Crippen molar-refractivity contribution in [2.24, 2.45) is 5.10 Å². The Balaban J connectivity index is 2.09. The zero-order valence-corrected chi connectivity index (χ0v) is 12.1. The summed E-state index contributed by atoms with van der Waals surface area (Å²) in [5.41, 5.74) is 2.04. The average molecular weight is 324 g/mol. The molecule has 0 atom stereocenters. The molecule has 0 radical (unpaired) electrons. The maximum Gasteiger partial charge on any atom is 0.381 e. The smallest absolute Gasteiger partial charge is 0.381 e. The van der Waals surface area contributed by atoms with Crippen molar-refractivity contribution in [1.82, 2.24) is 4.98 Å². The van der Waals surface area contributed by atoms with Gasteiger partial charge >= 0.3 is 11.5 Å². The van der Waals surface area contributed by atoms with Gasteiger partial charge in [-0.15, -0.1) is 10.5 Å². The quantitative estimate of drug-likeness (QED) is 0.171. The van der Waals surface area contributed by atoms with Crippen molar-refractivity contribution >= 4 is 29.0 Å². The first-order valence-corrected chi connectivity index (χ1v) is 6.77. The number of aromatic nitrogens is 3. The minimum Gasteiger partial charge on any atom is -0.856 e. The van der Waals surface area contributed by atoms with Crippen LogP contribution in [-0.4, -0.2) is 17.2 Å². The maximum atomic E-state index is 12.4. The molecule has 1 aromatic carbocycles. The van der Waals surface area contributed by atoms with Crippen molar-refractivity contribution in [2.45, 2.75) is 0 Å². The Morgan fingerprint density at radius 1 is 1.08 bits per heavy atom. The molecular weight excluding hydrogens is 314 g/mol. The van der Waals surface area contributed by atoms with Crippen LogP contribution in [0.3, 0.4) is 0 Å². The SMILES string of the molecule is O=Cc1c(NN=C([O-])c2ccncc2)[n+]([O-])c2ccccc2[n+]1[O-]. The molecule has 0 fully saturated rings. The number of hydrogen-bond acceptors (Lipinski definition) is 7. The molecule has 0 amide bonds. The molecule has 9 nitrogen and oxygen atoms in total. The number of para-hydroxylation sites is 2. The van der Waals surface area contributed by atoms with Gasteiger partial charge in [-0.05, 0) is 23.8 Å². The minimum atomic E-state index is -0.681. The molecule has 2 aromatic heterocycles. The number of carbonyl (C=O) groups excluding carboxylic acids is 1. The number of aldehydes is 1. The lowest BCUT2D eigenvalue weighted by Gasteiger charge is -2.13. The van der Waals surface area contributed by atoms with Crippen LogP contribution in [0.15, 0.2) is 53.9 Å². The van der Waals surface area contributed by atoms with Crippen LogP contribution in [0.2, 0.25) is 0 Å². The van der Waals surface area contributed by atoms with E-state index in [1.807, 2.05) is 0 Å². The van der Waals surface area contributed by atoms with Crippen molar-refractivity contribution in [3.63, 3.8) is 0 Å². The van der Waals surface area contributed by atoms with Gasteiger partial charge in [0.25, 0.3) is 5.52 Å². The van der Waals surface area contributed by atoms with Crippen molar-refractivity contribution in [3.8, 4) is 0 Å². The van der Waals surface area contributed by atoms with Crippen molar-refractivity contribution < 1.29 is 19.4 Å². The predicted octanol–water partition coefficient (Wildman–Crippen LogP) is -0.552. The highest BCUT2D eigenvalue weighted by molar-refractivity contribution is 5.91. The highest BCUT2D eigenvalue weighted by Gasteiger charge is 2.26. The second kappa shape index (κ2) is 6.16. The number of hydrazone groups is 1. The van der Waals surface area contributed by atoms with Crippen LogP contribution < -0.4 is 20.0 Å². The Kier molecular flexibility index (Phi) is 3.89. The number of carbonyl (C=O) groups is 1. The van der Waals surface area contributed by atoms with Gasteiger partial charge in [-0.1, -0.05) is 12.1 Å². The third-order valence-corrected chi connectivity index (χ3v) is 3.29. The van der Waals surface area contributed by atoms with E-state index < -0.39 is 17.4 Å². The first-order chi connectivity index (χ1) is 11.6. The third kappa shape index (κ3) is 2.54. The van der Waals surface area contributed by atoms with E-state index in [1.165, 1.54) is 36.7 Å². The van der Waals surface area contributed by atoms with Gasteiger partial charge in [0.05, 0.1) is 0 Å². The molecule has 0 aliphatic rings. The van der Waals surface area contributed by atoms with Gasteiger partial charge in [0.15, 0.2) is 0 Å². The van der Waals surface area contributed by atoms with E-state index in [9.17, 15) is 20.3 Å². The van der Waals surface area contributed by atoms with Crippen LogP contribution in [0.1, 0.15) is 16.1 Å². The van der Waals surface area contributed by atoms with E-state index in [-0.39, 0.29) is 22.9 Å². The molecular formula is C15H10N5O4-. The van der Waals surface area contributed by atoms with E-state index >= 15 is 0 Å². The Labute approximate surface area is 135 Å². The van der Waals surface area contributed by atoms with Crippen molar-refractivity contribution in [3.05, 3.63) is 70.5 Å². The molecule has 0 bridgehead atoms. The number of fused-ring (bicyclic) bond motifs is 1. The largest absolute Gasteiger partial charge is 0.856 e. The van der Waals surface area contributed by atoms with Crippen LogP contribution in [-0.2, 0) is 0 Å². The van der Waals surface area contributed by atoms with Gasteiger partial charge in [-0.2, -0.15) is 4.73 Å². The Morgan fingerprint density at radius 2 is 1.71 bits per heavy atom. The molecule has 0 aliphatic heterocycles. The molecule has 0 saturated heterocycles. The first-order valence-electron chi connectivity index (χ1n) is 6.77. The summed E-state index contributed by atoms with van der Waals surface area (Å²) in [4.78, 5) is 15.0. The fraction of sp³-hybridized carbons (Fsp3) is 0. The van der Waals surface area contributed by atoms with Crippen molar-refractivity contribution in [2.75, 3.05) is 5.43 Å². The fourth-order valence-electron chi connectivity index (χ4n) is 2.13. The molecule has 9 heteroatoms. The Morgan fingerprint density at radius 3 is 2.33 bits per heavy atom. The number of hydrogen-bond donors (Lipinski definition) is 1. The zero-order valence-electron chi connectivity index (χ0n) is 12.1. The molecule has 120 valence electrons. The number of pyridine rings is 1. The lowest BCUT2D eigenvalue weighted by Crippen LogP contribution is -2.44. The van der Waals surface area contributed by atoms with E-state index in [0.717, 1.165) is 0 Å². The summed E-state index contributed by atoms with van der Waals surface area (Å²) >= 11 is 0. The van der Waals surface area contributed by atoms with Gasteiger partial charge in [0.1, 0.15) is 0 Å². The average Bonchev–Trinajstić information content (AvgIpc) is 2.64. The van der Waals surface area contributed by atoms with E-state index in [1.54, 1.807) is 12.1 Å². The summed E-state index contributed by atoms with van der Waals surface area (Å²) in [5.74, 6) is -1.11. The maximum absolute atomic E-state index is 12.4. The lowest BCUT2D eigenvalue weighted by molar-refractivity contribution is -0.619. The van der Waals surface area contributed by atoms with E-state index in [0.29, 0.717) is 9.46 Å². The molecule has 1 N–H and O–H groups in total. The van der Waals surface area contributed by atoms with Crippen LogP contribution in [0.5, 0.6) is 0 Å². The van der Waals surface area contributed by atoms with Crippen LogP contribution in [0.4, 0.5) is 5.82 Å². The molecule has 0 aliphatic carbocycles. The zero-order chi connectivity index (χ0) is 17.1. The molecule has 0 spiro atoms. The second-order valence-electron chi connectivity index (χ2n) is 4.69. The monoisotopic (exact) mass is 324 g/mol. The van der Waals surface area contributed by atoms with Crippen LogP contribution >= 0.6 is 0 Å². The van der Waals surface area contributed by atoms with E-state index in [4.69, 9.17) is 0 Å². The Hall–Kier alpha value is -3.75. The number of nitrogens with one attached hydrogen (secondary N) is 1. The molecule has 2 heterocycles. The van der Waals surface area contributed by atoms with Gasteiger partial charge < -0.3 is 15.5 Å². The number of nitrogens with zero attached hydrogens (tertiary/aromatic N) is 4. The summed E-state index contributed by atoms with van der Waals surface area (Å²) in [6.45, 7) is 0. The van der Waals surface area contributed by atoms with Gasteiger partial charge in [-0.3, -0.25) is 9.78 Å². The first kappa shape index (κ1) is 15.2. The molecule has 24 heavy (non-hydrogen) atoms. The Bertz CT molecular complexity index is 943. The molecule has 3 aromatic rings. The fourth-order valence-corrected chi connectivity index (χ4v) is 2.13. The second-order valence-corrected chi connectivity index (χ2v) is 4.69.